The number of nitrogens with zero attached hydrogens (tertiary/aromatic N) is 3. The molecule has 0 aromatic carbocycles. The Morgan fingerprint density at radius 1 is 1.62 bits per heavy atom. The topological polar surface area (TPSA) is 46.5 Å². The van der Waals surface area contributed by atoms with E-state index in [4.69, 9.17) is 23.8 Å². The lowest BCUT2D eigenvalue weighted by atomic mass is 10.1. The fourth-order valence-corrected chi connectivity index (χ4v) is 1.76. The van der Waals surface area contributed by atoms with Gasteiger partial charge in [0.1, 0.15) is 0 Å². The number of rotatable bonds is 1. The van der Waals surface area contributed by atoms with Gasteiger partial charge in [-0.2, -0.15) is 5.21 Å². The highest BCUT2D eigenvalue weighted by molar-refractivity contribution is 7.71. The Hall–Kier alpha value is -0.940. The minimum atomic E-state index is -0.671. The maximum absolute atomic E-state index is 6.29. The van der Waals surface area contributed by atoms with E-state index < -0.39 is 5.00 Å². The first-order valence-corrected chi connectivity index (χ1v) is 4.55. The molecule has 1 aromatic heterocycles. The summed E-state index contributed by atoms with van der Waals surface area (Å²) in [6.07, 6.45) is 8.30. The van der Waals surface area contributed by atoms with Gasteiger partial charge in [-0.25, -0.2) is 4.68 Å². The highest BCUT2D eigenvalue weighted by Crippen LogP contribution is 2.29. The number of nitrogens with one attached hydrogen (secondary N) is 1. The zero-order valence-corrected chi connectivity index (χ0v) is 8.22. The van der Waals surface area contributed by atoms with E-state index in [0.717, 1.165) is 0 Å². The van der Waals surface area contributed by atoms with Crippen molar-refractivity contribution in [2.75, 3.05) is 0 Å². The average molecular weight is 215 g/mol. The first kappa shape index (κ1) is 8.65. The van der Waals surface area contributed by atoms with Gasteiger partial charge >= 0.3 is 0 Å². The number of hydrogen-bond acceptors (Lipinski definition) is 3. The van der Waals surface area contributed by atoms with Crippen LogP contribution in [0.15, 0.2) is 24.3 Å². The Balaban J connectivity index is 2.46. The summed E-state index contributed by atoms with van der Waals surface area (Å²) in [7, 11) is 0. The van der Waals surface area contributed by atoms with E-state index in [0.29, 0.717) is 11.2 Å². The Morgan fingerprint density at radius 2 is 2.46 bits per heavy atom. The van der Waals surface area contributed by atoms with Gasteiger partial charge < -0.3 is 0 Å². The molecule has 0 spiro atoms. The largest absolute Gasteiger partial charge is 0.240 e. The predicted molar refractivity (Wildman–Crippen MR) is 51.9 cm³/mol. The maximum atomic E-state index is 6.29. The zero-order valence-electron chi connectivity index (χ0n) is 6.64. The van der Waals surface area contributed by atoms with E-state index in [1.54, 1.807) is 4.68 Å². The van der Waals surface area contributed by atoms with Crippen LogP contribution in [0.1, 0.15) is 6.42 Å². The third-order valence-corrected chi connectivity index (χ3v) is 2.56. The molecular weight excluding hydrogens is 208 g/mol. The van der Waals surface area contributed by atoms with E-state index in [1.807, 2.05) is 24.3 Å². The third-order valence-electron chi connectivity index (χ3n) is 1.85. The minimum Gasteiger partial charge on any atom is -0.217 e. The summed E-state index contributed by atoms with van der Waals surface area (Å²) in [5.41, 5.74) is 0. The molecule has 1 heterocycles. The van der Waals surface area contributed by atoms with Gasteiger partial charge in [0.15, 0.2) is 5.00 Å². The summed E-state index contributed by atoms with van der Waals surface area (Å²) in [6, 6.07) is 0. The van der Waals surface area contributed by atoms with Crippen LogP contribution in [0.2, 0.25) is 0 Å². The smallest absolute Gasteiger partial charge is 0.217 e. The van der Waals surface area contributed by atoms with E-state index in [-0.39, 0.29) is 0 Å². The summed E-state index contributed by atoms with van der Waals surface area (Å²) in [5, 5.41) is 9.90. The van der Waals surface area contributed by atoms with Crippen LogP contribution in [-0.4, -0.2) is 20.2 Å². The Kier molecular flexibility index (Phi) is 2.05. The Morgan fingerprint density at radius 3 is 3.00 bits per heavy atom. The molecule has 0 amide bonds. The molecule has 6 heteroatoms. The second kappa shape index (κ2) is 3.08. The summed E-state index contributed by atoms with van der Waals surface area (Å²) in [5.74, 6) is 0. The van der Waals surface area contributed by atoms with Crippen molar-refractivity contribution in [3.63, 3.8) is 0 Å². The van der Waals surface area contributed by atoms with Crippen LogP contribution in [0.4, 0.5) is 0 Å². The normalized spacial score (nSPS) is 26.5. The van der Waals surface area contributed by atoms with Gasteiger partial charge in [0.25, 0.3) is 0 Å². The number of hydrogen-bond donors (Lipinski definition) is 1. The van der Waals surface area contributed by atoms with E-state index >= 15 is 0 Å². The number of alkyl halides is 1. The lowest BCUT2D eigenvalue weighted by Crippen LogP contribution is -2.26. The van der Waals surface area contributed by atoms with Gasteiger partial charge in [-0.05, 0) is 18.3 Å². The molecule has 0 aliphatic heterocycles. The number of H-pyrrole nitrogens is 1. The lowest BCUT2D eigenvalue weighted by Gasteiger charge is -2.23. The van der Waals surface area contributed by atoms with Gasteiger partial charge in [0, 0.05) is 6.42 Å². The van der Waals surface area contributed by atoms with Crippen LogP contribution in [0, 0.1) is 4.77 Å². The van der Waals surface area contributed by atoms with Crippen molar-refractivity contribution in [1.29, 1.82) is 0 Å². The molecule has 1 aliphatic rings. The summed E-state index contributed by atoms with van der Waals surface area (Å²) >= 11 is 11.2. The Labute approximate surface area is 84.9 Å². The Bertz CT molecular complexity index is 418. The van der Waals surface area contributed by atoms with Crippen LogP contribution >= 0.6 is 23.8 Å². The van der Waals surface area contributed by atoms with Crippen molar-refractivity contribution in [3.05, 3.63) is 29.1 Å². The van der Waals surface area contributed by atoms with E-state index in [1.165, 1.54) is 0 Å². The van der Waals surface area contributed by atoms with Crippen molar-refractivity contribution >= 4 is 23.8 Å². The summed E-state index contributed by atoms with van der Waals surface area (Å²) in [4.78, 5) is -0.671. The molecule has 4 nitrogen and oxygen atoms in total. The quantitative estimate of drug-likeness (QED) is 0.572. The van der Waals surface area contributed by atoms with Crippen LogP contribution in [0.5, 0.6) is 0 Å². The lowest BCUT2D eigenvalue weighted by molar-refractivity contribution is 0.458. The molecule has 0 fully saturated rings. The standard InChI is InChI=1S/C7H7ClN4S/c8-7(4-2-1-3-5-7)12-6(13)9-10-11-12/h1-4H,5H2,(H,9,11,13). The highest BCUT2D eigenvalue weighted by atomic mass is 35.5. The first-order valence-electron chi connectivity index (χ1n) is 3.76. The monoisotopic (exact) mass is 214 g/mol. The summed E-state index contributed by atoms with van der Waals surface area (Å²) in [6.45, 7) is 0. The number of aromatic amines is 1. The van der Waals surface area contributed by atoms with E-state index in [2.05, 4.69) is 15.5 Å². The van der Waals surface area contributed by atoms with Crippen LogP contribution < -0.4 is 0 Å². The molecule has 1 aromatic rings. The molecular formula is C7H7ClN4S. The van der Waals surface area contributed by atoms with Crippen molar-refractivity contribution in [3.8, 4) is 0 Å². The molecule has 0 bridgehead atoms. The number of halogens is 1. The maximum Gasteiger partial charge on any atom is 0.240 e. The predicted octanol–water partition coefficient (Wildman–Crippen LogP) is 1.74. The first-order chi connectivity index (χ1) is 6.22. The van der Waals surface area contributed by atoms with Crippen LogP contribution in [0.25, 0.3) is 0 Å². The van der Waals surface area contributed by atoms with Crippen LogP contribution in [0.3, 0.4) is 0 Å². The van der Waals surface area contributed by atoms with Crippen molar-refractivity contribution in [1.82, 2.24) is 20.2 Å². The average Bonchev–Trinajstić information content (AvgIpc) is 2.53. The summed E-state index contributed by atoms with van der Waals surface area (Å²) < 4.78 is 1.92. The molecule has 1 atom stereocenters. The number of allylic oxidation sites excluding steroid dienone is 4. The molecule has 0 saturated heterocycles. The van der Waals surface area contributed by atoms with Gasteiger partial charge in [-0.15, -0.1) is 0 Å². The fraction of sp³-hybridized carbons (Fsp3) is 0.286. The van der Waals surface area contributed by atoms with Crippen molar-refractivity contribution in [2.24, 2.45) is 0 Å². The molecule has 1 unspecified atom stereocenters. The molecule has 1 aliphatic carbocycles. The van der Waals surface area contributed by atoms with Crippen LogP contribution in [-0.2, 0) is 5.00 Å². The zero-order chi connectivity index (χ0) is 9.31. The second-order valence-corrected chi connectivity index (χ2v) is 3.75. The molecule has 68 valence electrons. The molecule has 2 rings (SSSR count). The number of tetrazole rings is 1. The van der Waals surface area contributed by atoms with Crippen molar-refractivity contribution in [2.45, 2.75) is 11.4 Å². The minimum absolute atomic E-state index is 0.356. The van der Waals surface area contributed by atoms with Gasteiger partial charge in [0.2, 0.25) is 4.77 Å². The SMILES string of the molecule is S=c1nn[nH]n1C1(Cl)C=CC=CC1. The molecule has 0 saturated carbocycles. The van der Waals surface area contributed by atoms with Gasteiger partial charge in [-0.3, -0.25) is 0 Å². The molecule has 13 heavy (non-hydrogen) atoms. The fourth-order valence-electron chi connectivity index (χ4n) is 1.19. The highest BCUT2D eigenvalue weighted by Gasteiger charge is 2.27. The molecule has 0 radical (unpaired) electrons. The number of aromatic nitrogens is 4. The molecule has 1 N–H and O–H groups in total. The van der Waals surface area contributed by atoms with Gasteiger partial charge in [-0.1, -0.05) is 40.1 Å². The van der Waals surface area contributed by atoms with Gasteiger partial charge in [0.05, 0.1) is 0 Å². The second-order valence-electron chi connectivity index (χ2n) is 2.73. The third kappa shape index (κ3) is 1.45. The van der Waals surface area contributed by atoms with Crippen molar-refractivity contribution < 1.29 is 0 Å². The van der Waals surface area contributed by atoms with E-state index in [9.17, 15) is 0 Å².